The van der Waals surface area contributed by atoms with Gasteiger partial charge in [-0.25, -0.2) is 0 Å². The van der Waals surface area contributed by atoms with E-state index in [0.717, 1.165) is 50.4 Å². The molecule has 122 valence electrons. The van der Waals surface area contributed by atoms with Crippen LogP contribution in [0.25, 0.3) is 5.65 Å². The minimum absolute atomic E-state index is 0.0457. The minimum Gasteiger partial charge on any atom is -0.480 e. The van der Waals surface area contributed by atoms with E-state index in [1.54, 1.807) is 17.7 Å². The topological polar surface area (TPSA) is 84.7 Å². The zero-order chi connectivity index (χ0) is 15.8. The molecule has 0 saturated carbocycles. The summed E-state index contributed by atoms with van der Waals surface area (Å²) in [5.41, 5.74) is 0.735. The molecule has 2 saturated heterocycles. The van der Waals surface area contributed by atoms with Crippen molar-refractivity contribution in [3.63, 3.8) is 0 Å². The van der Waals surface area contributed by atoms with Crippen LogP contribution < -0.4 is 10.1 Å². The van der Waals surface area contributed by atoms with Gasteiger partial charge in [0, 0.05) is 18.5 Å². The van der Waals surface area contributed by atoms with Crippen LogP contribution in [-0.2, 0) is 4.79 Å². The summed E-state index contributed by atoms with van der Waals surface area (Å²) < 4.78 is 6.97. The lowest BCUT2D eigenvalue weighted by molar-refractivity contribution is -0.124. The Bertz CT molecular complexity index is 722. The number of ether oxygens (including phenoxy) is 1. The quantitative estimate of drug-likeness (QED) is 0.871. The first-order valence-corrected chi connectivity index (χ1v) is 8.04. The van der Waals surface area contributed by atoms with Crippen LogP contribution in [0.5, 0.6) is 5.88 Å². The molecule has 2 fully saturated rings. The molecule has 0 radical (unpaired) electrons. The van der Waals surface area contributed by atoms with Crippen molar-refractivity contribution in [3.8, 4) is 5.88 Å². The molecule has 8 heteroatoms. The van der Waals surface area contributed by atoms with Crippen molar-refractivity contribution in [2.45, 2.75) is 31.2 Å². The molecule has 2 aromatic rings. The Balaban J connectivity index is 1.51. The first-order chi connectivity index (χ1) is 11.3. The molecule has 0 aliphatic carbocycles. The van der Waals surface area contributed by atoms with E-state index >= 15 is 0 Å². The Morgan fingerprint density at radius 2 is 2.04 bits per heavy atom. The lowest BCUT2D eigenvalue weighted by Crippen LogP contribution is -2.44. The van der Waals surface area contributed by atoms with Gasteiger partial charge in [0.1, 0.15) is 0 Å². The molecule has 1 unspecified atom stereocenters. The third kappa shape index (κ3) is 2.52. The lowest BCUT2D eigenvalue weighted by Gasteiger charge is -2.33. The number of piperidine rings is 1. The molecule has 0 spiro atoms. The first kappa shape index (κ1) is 14.4. The van der Waals surface area contributed by atoms with Gasteiger partial charge >= 0.3 is 0 Å². The van der Waals surface area contributed by atoms with E-state index in [0.29, 0.717) is 11.8 Å². The van der Waals surface area contributed by atoms with Gasteiger partial charge in [-0.1, -0.05) is 0 Å². The molecule has 2 aliphatic heterocycles. The summed E-state index contributed by atoms with van der Waals surface area (Å²) in [5.74, 6) is 1.92. The Labute approximate surface area is 133 Å². The molecular weight excluding hydrogens is 296 g/mol. The maximum absolute atomic E-state index is 11.8. The number of amides is 1. The predicted molar refractivity (Wildman–Crippen MR) is 82.3 cm³/mol. The number of carbonyl (C=O) groups is 1. The zero-order valence-electron chi connectivity index (χ0n) is 13.1. The van der Waals surface area contributed by atoms with Gasteiger partial charge in [-0.05, 0) is 38.4 Å². The number of nitrogens with one attached hydrogen (secondary N) is 1. The second-order valence-electron chi connectivity index (χ2n) is 6.11. The monoisotopic (exact) mass is 316 g/mol. The largest absolute Gasteiger partial charge is 0.480 e. The van der Waals surface area contributed by atoms with Crippen LogP contribution in [0.1, 0.15) is 31.0 Å². The Morgan fingerprint density at radius 3 is 2.74 bits per heavy atom. The standard InChI is InChI=1S/C15H20N6O2/c1-23-13-3-2-12-17-18-14(21(12)19-13)10-5-8-20(9-6-10)11-4-7-16-15(11)22/h2-3,10-11H,4-9H2,1H3,(H,16,22). The Morgan fingerprint density at radius 1 is 1.22 bits per heavy atom. The van der Waals surface area contributed by atoms with Crippen molar-refractivity contribution in [2.24, 2.45) is 0 Å². The van der Waals surface area contributed by atoms with E-state index < -0.39 is 0 Å². The van der Waals surface area contributed by atoms with Crippen LogP contribution in [0.3, 0.4) is 0 Å². The van der Waals surface area contributed by atoms with Crippen LogP contribution in [0.2, 0.25) is 0 Å². The average Bonchev–Trinajstić information content (AvgIpc) is 3.20. The Hall–Kier alpha value is -2.22. The van der Waals surface area contributed by atoms with E-state index in [1.165, 1.54) is 0 Å². The predicted octanol–water partition coefficient (Wildman–Crippen LogP) is 0.201. The van der Waals surface area contributed by atoms with Crippen molar-refractivity contribution in [2.75, 3.05) is 26.7 Å². The van der Waals surface area contributed by atoms with Crippen molar-refractivity contribution in [1.29, 1.82) is 0 Å². The number of fused-ring (bicyclic) bond motifs is 1. The second-order valence-corrected chi connectivity index (χ2v) is 6.11. The molecule has 1 amide bonds. The molecule has 2 aromatic heterocycles. The van der Waals surface area contributed by atoms with Gasteiger partial charge in [-0.3, -0.25) is 9.69 Å². The summed E-state index contributed by atoms with van der Waals surface area (Å²) >= 11 is 0. The van der Waals surface area contributed by atoms with E-state index in [2.05, 4.69) is 25.5 Å². The highest BCUT2D eigenvalue weighted by molar-refractivity contribution is 5.83. The van der Waals surface area contributed by atoms with Crippen LogP contribution in [0.15, 0.2) is 12.1 Å². The Kier molecular flexibility index (Phi) is 3.60. The number of hydrogen-bond acceptors (Lipinski definition) is 6. The molecule has 8 nitrogen and oxygen atoms in total. The maximum atomic E-state index is 11.8. The summed E-state index contributed by atoms with van der Waals surface area (Å²) in [4.78, 5) is 14.1. The van der Waals surface area contributed by atoms with Gasteiger partial charge in [0.2, 0.25) is 11.8 Å². The number of rotatable bonds is 3. The summed E-state index contributed by atoms with van der Waals surface area (Å²) in [5, 5.41) is 15.9. The number of aromatic nitrogens is 4. The third-order valence-electron chi connectivity index (χ3n) is 4.83. The van der Waals surface area contributed by atoms with Crippen molar-refractivity contribution in [3.05, 3.63) is 18.0 Å². The highest BCUT2D eigenvalue weighted by atomic mass is 16.5. The molecule has 4 heterocycles. The van der Waals surface area contributed by atoms with Gasteiger partial charge in [0.15, 0.2) is 11.5 Å². The number of carbonyl (C=O) groups excluding carboxylic acids is 1. The number of likely N-dealkylation sites (tertiary alicyclic amines) is 1. The summed E-state index contributed by atoms with van der Waals surface area (Å²) in [6.07, 6.45) is 2.84. The smallest absolute Gasteiger partial charge is 0.237 e. The molecule has 2 aliphatic rings. The fourth-order valence-electron chi connectivity index (χ4n) is 3.55. The normalized spacial score (nSPS) is 23.3. The summed E-state index contributed by atoms with van der Waals surface area (Å²) in [7, 11) is 1.60. The SMILES string of the molecule is COc1ccc2nnc(C3CCN(C4CCNC4=O)CC3)n2n1. The van der Waals surface area contributed by atoms with Crippen molar-refractivity contribution in [1.82, 2.24) is 30.0 Å². The van der Waals surface area contributed by atoms with Gasteiger partial charge < -0.3 is 10.1 Å². The fraction of sp³-hybridized carbons (Fsp3) is 0.600. The van der Waals surface area contributed by atoms with Gasteiger partial charge in [0.05, 0.1) is 13.2 Å². The highest BCUT2D eigenvalue weighted by Crippen LogP contribution is 2.29. The zero-order valence-corrected chi connectivity index (χ0v) is 13.1. The van der Waals surface area contributed by atoms with Crippen LogP contribution >= 0.6 is 0 Å². The van der Waals surface area contributed by atoms with Gasteiger partial charge in [0.25, 0.3) is 0 Å². The lowest BCUT2D eigenvalue weighted by atomic mass is 9.95. The molecule has 0 bridgehead atoms. The summed E-state index contributed by atoms with van der Waals surface area (Å²) in [6.45, 7) is 2.60. The van der Waals surface area contributed by atoms with E-state index in [1.807, 2.05) is 6.07 Å². The van der Waals surface area contributed by atoms with Crippen LogP contribution in [-0.4, -0.2) is 63.4 Å². The molecule has 4 rings (SSSR count). The molecule has 1 atom stereocenters. The maximum Gasteiger partial charge on any atom is 0.237 e. The van der Waals surface area contributed by atoms with E-state index in [9.17, 15) is 4.79 Å². The number of hydrogen-bond donors (Lipinski definition) is 1. The summed E-state index contributed by atoms with van der Waals surface area (Å²) in [6, 6.07) is 3.69. The number of nitrogens with zero attached hydrogens (tertiary/aromatic N) is 5. The van der Waals surface area contributed by atoms with Gasteiger partial charge in [-0.15, -0.1) is 15.3 Å². The third-order valence-corrected chi connectivity index (χ3v) is 4.83. The fourth-order valence-corrected chi connectivity index (χ4v) is 3.55. The average molecular weight is 316 g/mol. The van der Waals surface area contributed by atoms with Crippen LogP contribution in [0, 0.1) is 0 Å². The molecular formula is C15H20N6O2. The van der Waals surface area contributed by atoms with Crippen molar-refractivity contribution >= 4 is 11.6 Å². The van der Waals surface area contributed by atoms with E-state index in [4.69, 9.17) is 4.74 Å². The molecule has 1 N–H and O–H groups in total. The van der Waals surface area contributed by atoms with E-state index in [-0.39, 0.29) is 11.9 Å². The highest BCUT2D eigenvalue weighted by Gasteiger charge is 2.34. The molecule has 0 aromatic carbocycles. The number of methoxy groups -OCH3 is 1. The minimum atomic E-state index is 0.0457. The first-order valence-electron chi connectivity index (χ1n) is 8.04. The van der Waals surface area contributed by atoms with Gasteiger partial charge in [-0.2, -0.15) is 4.52 Å². The van der Waals surface area contributed by atoms with Crippen molar-refractivity contribution < 1.29 is 9.53 Å². The van der Waals surface area contributed by atoms with Crippen LogP contribution in [0.4, 0.5) is 0 Å². The second kappa shape index (κ2) is 5.77. The molecule has 23 heavy (non-hydrogen) atoms.